The number of nitrogens with zero attached hydrogens (tertiary/aromatic N) is 2. The van der Waals surface area contributed by atoms with E-state index in [-0.39, 0.29) is 18.0 Å². The Morgan fingerprint density at radius 2 is 1.78 bits per heavy atom. The van der Waals surface area contributed by atoms with Gasteiger partial charge in [0.15, 0.2) is 11.6 Å². The first kappa shape index (κ1) is 25.2. The number of rotatable bonds is 10. The second-order valence-electron chi connectivity index (χ2n) is 9.61. The third-order valence-corrected chi connectivity index (χ3v) is 5.31. The minimum Gasteiger partial charge on any atom is -0.460 e. The lowest BCUT2D eigenvalue weighted by atomic mass is 9.72. The van der Waals surface area contributed by atoms with Crippen LogP contribution in [0.15, 0.2) is 54.4 Å². The van der Waals surface area contributed by atoms with Crippen LogP contribution in [-0.2, 0) is 14.3 Å². The molecule has 0 N–H and O–H groups in total. The summed E-state index contributed by atoms with van der Waals surface area (Å²) in [7, 11) is 0. The number of imidazole rings is 1. The number of Topliss-reactive ketones (excluding diaryl/α,β-unsaturated/α-hetero) is 1. The van der Waals surface area contributed by atoms with Gasteiger partial charge in [-0.3, -0.25) is 14.2 Å². The average molecular weight is 439 g/mol. The Labute approximate surface area is 190 Å². The number of carbonyl (C=O) groups excluding carboxylic acids is 3. The van der Waals surface area contributed by atoms with Crippen molar-refractivity contribution in [3.8, 4) is 5.69 Å². The molecule has 0 spiro atoms. The van der Waals surface area contributed by atoms with E-state index in [4.69, 9.17) is 4.74 Å². The molecule has 0 saturated carbocycles. The molecule has 1 aromatic carbocycles. The van der Waals surface area contributed by atoms with Gasteiger partial charge in [-0.2, -0.15) is 0 Å². The van der Waals surface area contributed by atoms with E-state index in [1.54, 1.807) is 44.7 Å². The van der Waals surface area contributed by atoms with E-state index < -0.39 is 22.9 Å². The fraction of sp³-hybridized carbons (Fsp3) is 0.462. The number of ketones is 1. The number of esters is 1. The molecule has 6 heteroatoms. The van der Waals surface area contributed by atoms with Crippen molar-refractivity contribution in [1.29, 1.82) is 0 Å². The molecule has 0 aliphatic rings. The van der Waals surface area contributed by atoms with Crippen LogP contribution >= 0.6 is 0 Å². The molecule has 2 aromatic rings. The van der Waals surface area contributed by atoms with E-state index in [0.717, 1.165) is 17.5 Å². The molecule has 2 atom stereocenters. The first-order chi connectivity index (χ1) is 15.0. The smallest absolute Gasteiger partial charge is 0.310 e. The summed E-state index contributed by atoms with van der Waals surface area (Å²) in [5, 5.41) is 0. The van der Waals surface area contributed by atoms with Crippen molar-refractivity contribution < 1.29 is 19.1 Å². The highest BCUT2D eigenvalue weighted by Gasteiger charge is 2.42. The Morgan fingerprint density at radius 3 is 2.34 bits per heavy atom. The highest BCUT2D eigenvalue weighted by molar-refractivity contribution is 5.96. The van der Waals surface area contributed by atoms with Crippen LogP contribution in [0.25, 0.3) is 5.69 Å². The molecule has 6 nitrogen and oxygen atoms in total. The molecule has 0 saturated heterocycles. The maximum absolute atomic E-state index is 13.3. The topological polar surface area (TPSA) is 78.3 Å². The number of carbonyl (C=O) groups is 3. The highest BCUT2D eigenvalue weighted by atomic mass is 16.6. The number of allylic oxidation sites excluding steroid dienone is 2. The number of para-hydroxylation sites is 1. The van der Waals surface area contributed by atoms with Crippen LogP contribution in [0, 0.1) is 11.3 Å². The van der Waals surface area contributed by atoms with Gasteiger partial charge in [-0.1, -0.05) is 36.8 Å². The Kier molecular flexibility index (Phi) is 8.31. The standard InChI is InChI=1S/C26H34N2O4/c1-19(2)11-10-14-26(6,18-29)21(24(31)32-25(3,4)5)17-22(30)23-27-15-16-28(23)20-12-8-7-9-13-20/h7-9,11-13,15-16,18,21H,10,14,17H2,1-6H3/t21-,26-/m0/s1. The van der Waals surface area contributed by atoms with Gasteiger partial charge in [0.1, 0.15) is 11.9 Å². The number of aromatic nitrogens is 2. The highest BCUT2D eigenvalue weighted by Crippen LogP contribution is 2.36. The maximum Gasteiger partial charge on any atom is 0.310 e. The lowest BCUT2D eigenvalue weighted by Gasteiger charge is -2.33. The van der Waals surface area contributed by atoms with E-state index in [2.05, 4.69) is 4.98 Å². The van der Waals surface area contributed by atoms with Gasteiger partial charge in [-0.15, -0.1) is 0 Å². The maximum atomic E-state index is 13.3. The van der Waals surface area contributed by atoms with Crippen molar-refractivity contribution in [2.75, 3.05) is 0 Å². The van der Waals surface area contributed by atoms with Crippen molar-refractivity contribution in [2.45, 2.75) is 66.4 Å². The third-order valence-electron chi connectivity index (χ3n) is 5.31. The second kappa shape index (κ2) is 10.5. The van der Waals surface area contributed by atoms with Crippen LogP contribution in [0.3, 0.4) is 0 Å². The molecule has 2 rings (SSSR count). The van der Waals surface area contributed by atoms with E-state index in [0.29, 0.717) is 12.8 Å². The van der Waals surface area contributed by atoms with Gasteiger partial charge < -0.3 is 9.53 Å². The zero-order valence-electron chi connectivity index (χ0n) is 19.9. The largest absolute Gasteiger partial charge is 0.460 e. The summed E-state index contributed by atoms with van der Waals surface area (Å²) >= 11 is 0. The Morgan fingerprint density at radius 1 is 1.12 bits per heavy atom. The molecule has 0 amide bonds. The van der Waals surface area contributed by atoms with Crippen LogP contribution in [0.1, 0.15) is 71.4 Å². The van der Waals surface area contributed by atoms with Gasteiger partial charge in [0.05, 0.1) is 5.92 Å². The van der Waals surface area contributed by atoms with E-state index in [1.807, 2.05) is 50.3 Å². The lowest BCUT2D eigenvalue weighted by Crippen LogP contribution is -2.40. The number of aldehydes is 1. The van der Waals surface area contributed by atoms with Gasteiger partial charge in [0.2, 0.25) is 0 Å². The zero-order chi connectivity index (χ0) is 23.9. The summed E-state index contributed by atoms with van der Waals surface area (Å²) in [6.07, 6.45) is 6.98. The molecule has 0 fully saturated rings. The first-order valence-electron chi connectivity index (χ1n) is 10.9. The fourth-order valence-electron chi connectivity index (χ4n) is 3.53. The van der Waals surface area contributed by atoms with Gasteiger partial charge in [0, 0.05) is 29.9 Å². The zero-order valence-corrected chi connectivity index (χ0v) is 19.9. The normalized spacial score (nSPS) is 14.2. The second-order valence-corrected chi connectivity index (χ2v) is 9.61. The van der Waals surface area contributed by atoms with E-state index in [1.165, 1.54) is 0 Å². The van der Waals surface area contributed by atoms with E-state index >= 15 is 0 Å². The summed E-state index contributed by atoms with van der Waals surface area (Å²) in [5.41, 5.74) is 0.149. The number of hydrogen-bond donors (Lipinski definition) is 0. The molecule has 0 radical (unpaired) electrons. The predicted molar refractivity (Wildman–Crippen MR) is 125 cm³/mol. The minimum absolute atomic E-state index is 0.164. The molecule has 0 aliphatic carbocycles. The van der Waals surface area contributed by atoms with Crippen LogP contribution < -0.4 is 0 Å². The Balaban J connectivity index is 2.37. The average Bonchev–Trinajstić information content (AvgIpc) is 3.20. The summed E-state index contributed by atoms with van der Waals surface area (Å²) < 4.78 is 7.31. The summed E-state index contributed by atoms with van der Waals surface area (Å²) in [6.45, 7) is 11.0. The quantitative estimate of drug-likeness (QED) is 0.216. The Hall–Kier alpha value is -3.02. The Bertz CT molecular complexity index is 965. The van der Waals surface area contributed by atoms with Crippen molar-refractivity contribution in [3.05, 3.63) is 60.2 Å². The van der Waals surface area contributed by atoms with Gasteiger partial charge in [0.25, 0.3) is 0 Å². The van der Waals surface area contributed by atoms with Crippen LogP contribution in [-0.4, -0.2) is 33.2 Å². The van der Waals surface area contributed by atoms with Gasteiger partial charge >= 0.3 is 5.97 Å². The fourth-order valence-corrected chi connectivity index (χ4v) is 3.53. The molecule has 0 bridgehead atoms. The molecule has 1 aromatic heterocycles. The molecule has 172 valence electrons. The summed E-state index contributed by atoms with van der Waals surface area (Å²) in [6, 6.07) is 9.39. The number of ether oxygens (including phenoxy) is 1. The number of hydrogen-bond acceptors (Lipinski definition) is 5. The van der Waals surface area contributed by atoms with Crippen LogP contribution in [0.2, 0.25) is 0 Å². The van der Waals surface area contributed by atoms with Crippen molar-refractivity contribution in [2.24, 2.45) is 11.3 Å². The van der Waals surface area contributed by atoms with Gasteiger partial charge in [-0.05, 0) is 59.6 Å². The van der Waals surface area contributed by atoms with E-state index in [9.17, 15) is 14.4 Å². The SMILES string of the molecule is CC(C)=CCC[C@@](C)(C=O)[C@@H](CC(=O)c1nccn1-c1ccccc1)C(=O)OC(C)(C)C. The van der Waals surface area contributed by atoms with Gasteiger partial charge in [-0.25, -0.2) is 4.98 Å². The van der Waals surface area contributed by atoms with Crippen molar-refractivity contribution >= 4 is 18.0 Å². The van der Waals surface area contributed by atoms with Crippen LogP contribution in [0.4, 0.5) is 0 Å². The molecule has 1 heterocycles. The number of benzene rings is 1. The van der Waals surface area contributed by atoms with Crippen molar-refractivity contribution in [1.82, 2.24) is 9.55 Å². The molecular weight excluding hydrogens is 404 g/mol. The first-order valence-corrected chi connectivity index (χ1v) is 10.9. The molecular formula is C26H34N2O4. The predicted octanol–water partition coefficient (Wildman–Crippen LogP) is 5.35. The summed E-state index contributed by atoms with van der Waals surface area (Å²) in [5.74, 6) is -1.55. The molecule has 32 heavy (non-hydrogen) atoms. The van der Waals surface area contributed by atoms with Crippen LogP contribution in [0.5, 0.6) is 0 Å². The minimum atomic E-state index is -1.05. The monoisotopic (exact) mass is 438 g/mol. The molecule has 0 unspecified atom stereocenters. The molecule has 0 aliphatic heterocycles. The van der Waals surface area contributed by atoms with Crippen molar-refractivity contribution in [3.63, 3.8) is 0 Å². The third kappa shape index (κ3) is 6.74. The lowest BCUT2D eigenvalue weighted by molar-refractivity contribution is -0.165. The summed E-state index contributed by atoms with van der Waals surface area (Å²) in [4.78, 5) is 42.9.